The van der Waals surface area contributed by atoms with Crippen molar-refractivity contribution in [1.29, 1.82) is 0 Å². The van der Waals surface area contributed by atoms with Gasteiger partial charge in [0.05, 0.1) is 6.61 Å². The zero-order valence-corrected chi connectivity index (χ0v) is 10.8. The van der Waals surface area contributed by atoms with Crippen molar-refractivity contribution in [2.75, 3.05) is 11.9 Å². The molecule has 0 fully saturated rings. The zero-order valence-electron chi connectivity index (χ0n) is 10.0. The van der Waals surface area contributed by atoms with Gasteiger partial charge in [0.1, 0.15) is 17.1 Å². The first-order valence-electron chi connectivity index (χ1n) is 5.68. The van der Waals surface area contributed by atoms with Crippen LogP contribution in [-0.4, -0.2) is 22.7 Å². The van der Waals surface area contributed by atoms with Gasteiger partial charge in [-0.15, -0.1) is 10.2 Å². The molecule has 1 aromatic heterocycles. The summed E-state index contributed by atoms with van der Waals surface area (Å²) in [6, 6.07) is 5.90. The predicted octanol–water partition coefficient (Wildman–Crippen LogP) is 2.47. The van der Waals surface area contributed by atoms with Gasteiger partial charge >= 0.3 is 0 Å². The van der Waals surface area contributed by atoms with E-state index in [4.69, 9.17) is 4.74 Å². The van der Waals surface area contributed by atoms with E-state index in [-0.39, 0.29) is 11.7 Å². The topological polar surface area (TPSA) is 64.1 Å². The average Bonchev–Trinajstić information content (AvgIpc) is 2.87. The molecular weight excluding hydrogens is 269 g/mol. The predicted molar refractivity (Wildman–Crippen MR) is 69.7 cm³/mol. The summed E-state index contributed by atoms with van der Waals surface area (Å²) in [4.78, 5) is 11.5. The molecule has 0 bridgehead atoms. The molecule has 5 nitrogen and oxygen atoms in total. The van der Waals surface area contributed by atoms with Crippen LogP contribution in [0.5, 0.6) is 5.75 Å². The SMILES string of the molecule is O=C(CCCOc1cccc(F)c1)Nc1nncs1. The van der Waals surface area contributed by atoms with Crippen molar-refractivity contribution in [2.24, 2.45) is 0 Å². The van der Waals surface area contributed by atoms with Gasteiger partial charge in [-0.1, -0.05) is 17.4 Å². The highest BCUT2D eigenvalue weighted by molar-refractivity contribution is 7.13. The van der Waals surface area contributed by atoms with Gasteiger partial charge in [0, 0.05) is 12.5 Å². The summed E-state index contributed by atoms with van der Waals surface area (Å²) in [5, 5.41) is 10.4. The number of carbonyl (C=O) groups excluding carboxylic acids is 1. The van der Waals surface area contributed by atoms with E-state index in [2.05, 4.69) is 15.5 Å². The van der Waals surface area contributed by atoms with E-state index in [1.165, 1.54) is 23.5 Å². The van der Waals surface area contributed by atoms with Crippen LogP contribution in [0.3, 0.4) is 0 Å². The first-order valence-corrected chi connectivity index (χ1v) is 6.56. The molecule has 0 unspecified atom stereocenters. The fourth-order valence-electron chi connectivity index (χ4n) is 1.39. The van der Waals surface area contributed by atoms with Gasteiger partial charge < -0.3 is 10.1 Å². The average molecular weight is 281 g/mol. The van der Waals surface area contributed by atoms with E-state index in [1.54, 1.807) is 17.6 Å². The Morgan fingerprint density at radius 2 is 2.37 bits per heavy atom. The lowest BCUT2D eigenvalue weighted by atomic mass is 10.3. The molecule has 0 saturated heterocycles. The van der Waals surface area contributed by atoms with Crippen molar-refractivity contribution in [3.8, 4) is 5.75 Å². The van der Waals surface area contributed by atoms with Crippen molar-refractivity contribution >= 4 is 22.4 Å². The van der Waals surface area contributed by atoms with Crippen LogP contribution in [0.25, 0.3) is 0 Å². The van der Waals surface area contributed by atoms with Gasteiger partial charge in [0.15, 0.2) is 0 Å². The second-order valence-corrected chi connectivity index (χ2v) is 4.53. The van der Waals surface area contributed by atoms with Crippen LogP contribution in [0.2, 0.25) is 0 Å². The zero-order chi connectivity index (χ0) is 13.5. The van der Waals surface area contributed by atoms with E-state index in [0.717, 1.165) is 0 Å². The van der Waals surface area contributed by atoms with Crippen LogP contribution < -0.4 is 10.1 Å². The van der Waals surface area contributed by atoms with Crippen molar-refractivity contribution in [2.45, 2.75) is 12.8 Å². The summed E-state index contributed by atoms with van der Waals surface area (Å²) in [6.07, 6.45) is 0.857. The number of ether oxygens (including phenoxy) is 1. The Hall–Kier alpha value is -2.02. The summed E-state index contributed by atoms with van der Waals surface area (Å²) < 4.78 is 18.2. The molecule has 100 valence electrons. The Morgan fingerprint density at radius 3 is 3.11 bits per heavy atom. The van der Waals surface area contributed by atoms with Gasteiger partial charge in [0.25, 0.3) is 0 Å². The lowest BCUT2D eigenvalue weighted by Crippen LogP contribution is -2.12. The van der Waals surface area contributed by atoms with Crippen molar-refractivity contribution in [1.82, 2.24) is 10.2 Å². The number of nitrogens with one attached hydrogen (secondary N) is 1. The fourth-order valence-corrected chi connectivity index (χ4v) is 1.85. The lowest BCUT2D eigenvalue weighted by Gasteiger charge is -2.05. The Morgan fingerprint density at radius 1 is 1.47 bits per heavy atom. The normalized spacial score (nSPS) is 10.2. The highest BCUT2D eigenvalue weighted by Crippen LogP contribution is 2.13. The van der Waals surface area contributed by atoms with Crippen LogP contribution in [0, 0.1) is 5.82 Å². The Labute approximate surface area is 113 Å². The number of benzene rings is 1. The number of rotatable bonds is 6. The van der Waals surface area contributed by atoms with Crippen LogP contribution in [0.1, 0.15) is 12.8 Å². The molecule has 0 aliphatic rings. The third kappa shape index (κ3) is 4.63. The maximum absolute atomic E-state index is 12.9. The molecule has 0 aliphatic heterocycles. The van der Waals surface area contributed by atoms with Crippen molar-refractivity contribution < 1.29 is 13.9 Å². The van der Waals surface area contributed by atoms with E-state index >= 15 is 0 Å². The third-order valence-corrected chi connectivity index (χ3v) is 2.83. The van der Waals surface area contributed by atoms with E-state index in [0.29, 0.717) is 30.3 Å². The third-order valence-electron chi connectivity index (χ3n) is 2.22. The Balaban J connectivity index is 1.65. The quantitative estimate of drug-likeness (QED) is 0.826. The van der Waals surface area contributed by atoms with Crippen LogP contribution in [-0.2, 0) is 4.79 Å². The van der Waals surface area contributed by atoms with Gasteiger partial charge in [-0.25, -0.2) is 4.39 Å². The molecule has 0 radical (unpaired) electrons. The molecule has 1 N–H and O–H groups in total. The molecule has 19 heavy (non-hydrogen) atoms. The van der Waals surface area contributed by atoms with Gasteiger partial charge in [-0.05, 0) is 18.6 Å². The largest absolute Gasteiger partial charge is 0.493 e. The number of hydrogen-bond donors (Lipinski definition) is 1. The smallest absolute Gasteiger partial charge is 0.226 e. The number of anilines is 1. The number of halogens is 1. The van der Waals surface area contributed by atoms with Gasteiger partial charge in [0.2, 0.25) is 11.0 Å². The van der Waals surface area contributed by atoms with Gasteiger partial charge in [-0.2, -0.15) is 0 Å². The Bertz CT molecular complexity index is 534. The molecule has 0 atom stereocenters. The molecule has 0 spiro atoms. The second-order valence-electron chi connectivity index (χ2n) is 3.70. The highest BCUT2D eigenvalue weighted by Gasteiger charge is 2.04. The van der Waals surface area contributed by atoms with Crippen LogP contribution >= 0.6 is 11.3 Å². The molecule has 0 aliphatic carbocycles. The first kappa shape index (κ1) is 13.4. The number of aromatic nitrogens is 2. The molecule has 1 heterocycles. The maximum Gasteiger partial charge on any atom is 0.226 e. The van der Waals surface area contributed by atoms with Crippen molar-refractivity contribution in [3.05, 3.63) is 35.6 Å². The van der Waals surface area contributed by atoms with Crippen LogP contribution in [0.4, 0.5) is 9.52 Å². The van der Waals surface area contributed by atoms with Gasteiger partial charge in [-0.3, -0.25) is 4.79 Å². The molecule has 2 aromatic rings. The Kier molecular flexibility index (Phi) is 4.79. The number of hydrogen-bond acceptors (Lipinski definition) is 5. The summed E-state index contributed by atoms with van der Waals surface area (Å²) in [7, 11) is 0. The molecule has 2 rings (SSSR count). The highest BCUT2D eigenvalue weighted by atomic mass is 32.1. The molecular formula is C12H12FN3O2S. The number of nitrogens with zero attached hydrogens (tertiary/aromatic N) is 2. The lowest BCUT2D eigenvalue weighted by molar-refractivity contribution is -0.116. The summed E-state index contributed by atoms with van der Waals surface area (Å²) in [5.41, 5.74) is 1.54. The molecule has 0 saturated carbocycles. The minimum absolute atomic E-state index is 0.139. The van der Waals surface area contributed by atoms with E-state index in [1.807, 2.05) is 0 Å². The summed E-state index contributed by atoms with van der Waals surface area (Å²) in [5.74, 6) is -0.0179. The standard InChI is InChI=1S/C12H12FN3O2S/c13-9-3-1-4-10(7-9)18-6-2-5-11(17)15-12-16-14-8-19-12/h1,3-4,7-8H,2,5-6H2,(H,15,16,17). The van der Waals surface area contributed by atoms with E-state index < -0.39 is 0 Å². The minimum Gasteiger partial charge on any atom is -0.493 e. The molecule has 7 heteroatoms. The molecule has 1 aromatic carbocycles. The van der Waals surface area contributed by atoms with Crippen LogP contribution in [0.15, 0.2) is 29.8 Å². The second kappa shape index (κ2) is 6.79. The molecule has 1 amide bonds. The number of carbonyl (C=O) groups is 1. The number of amides is 1. The minimum atomic E-state index is -0.341. The van der Waals surface area contributed by atoms with E-state index in [9.17, 15) is 9.18 Å². The monoisotopic (exact) mass is 281 g/mol. The summed E-state index contributed by atoms with van der Waals surface area (Å²) in [6.45, 7) is 0.354. The fraction of sp³-hybridized carbons (Fsp3) is 0.250. The van der Waals surface area contributed by atoms with Crippen molar-refractivity contribution in [3.63, 3.8) is 0 Å². The maximum atomic E-state index is 12.9. The first-order chi connectivity index (χ1) is 9.24. The summed E-state index contributed by atoms with van der Waals surface area (Å²) >= 11 is 1.26.